The Balaban J connectivity index is 2.75. The summed E-state index contributed by atoms with van der Waals surface area (Å²) in [6.07, 6.45) is 2.21. The lowest BCUT2D eigenvalue weighted by Gasteiger charge is -2.24. The minimum atomic E-state index is -1.47. The largest absolute Gasteiger partial charge is 0.352 e. The third kappa shape index (κ3) is 2.50. The maximum atomic E-state index is 11.7. The number of rotatable bonds is 5. The van der Waals surface area contributed by atoms with Crippen LogP contribution in [-0.4, -0.2) is 37.9 Å². The van der Waals surface area contributed by atoms with Gasteiger partial charge in [-0.3, -0.25) is 9.59 Å². The van der Waals surface area contributed by atoms with Crippen molar-refractivity contribution in [2.45, 2.75) is 25.4 Å². The van der Waals surface area contributed by atoms with Gasteiger partial charge in [0.25, 0.3) is 5.79 Å². The molecule has 5 heteroatoms. The van der Waals surface area contributed by atoms with Crippen molar-refractivity contribution in [3.63, 3.8) is 0 Å². The molecule has 0 spiro atoms. The Morgan fingerprint density at radius 2 is 2.13 bits per heavy atom. The molecule has 15 heavy (non-hydrogen) atoms. The van der Waals surface area contributed by atoms with Gasteiger partial charge in [-0.25, -0.2) is 0 Å². The van der Waals surface area contributed by atoms with Crippen molar-refractivity contribution in [3.8, 4) is 0 Å². The van der Waals surface area contributed by atoms with E-state index in [-0.39, 0.29) is 12.2 Å². The minimum Gasteiger partial charge on any atom is -0.352 e. The van der Waals surface area contributed by atoms with Crippen LogP contribution in [-0.2, 0) is 23.8 Å². The zero-order valence-corrected chi connectivity index (χ0v) is 8.98. The molecule has 0 aliphatic carbocycles. The molecule has 1 rings (SSSR count). The molecule has 1 heterocycles. The van der Waals surface area contributed by atoms with E-state index in [1.54, 1.807) is 6.08 Å². The highest BCUT2D eigenvalue weighted by atomic mass is 16.8. The van der Waals surface area contributed by atoms with Crippen molar-refractivity contribution in [1.82, 2.24) is 0 Å². The number of Topliss-reactive ketones (excluding diaryl/α,β-unsaturated/α-hetero) is 2. The summed E-state index contributed by atoms with van der Waals surface area (Å²) in [7, 11) is 2.80. The average Bonchev–Trinajstić information content (AvgIpc) is 2.61. The zero-order valence-electron chi connectivity index (χ0n) is 8.98. The van der Waals surface area contributed by atoms with E-state index in [1.807, 2.05) is 0 Å². The summed E-state index contributed by atoms with van der Waals surface area (Å²) in [6.45, 7) is 1.34. The Kier molecular flexibility index (Phi) is 3.73. The molecule has 0 saturated carbocycles. The lowest BCUT2D eigenvalue weighted by molar-refractivity contribution is -0.234. The zero-order chi connectivity index (χ0) is 11.5. The van der Waals surface area contributed by atoms with Crippen LogP contribution in [0.25, 0.3) is 0 Å². The number of carbonyl (C=O) groups is 2. The maximum Gasteiger partial charge on any atom is 0.252 e. The van der Waals surface area contributed by atoms with Crippen molar-refractivity contribution in [1.29, 1.82) is 0 Å². The van der Waals surface area contributed by atoms with Crippen LogP contribution >= 0.6 is 0 Å². The van der Waals surface area contributed by atoms with Gasteiger partial charge in [-0.15, -0.1) is 0 Å². The third-order valence-electron chi connectivity index (χ3n) is 2.10. The van der Waals surface area contributed by atoms with E-state index < -0.39 is 17.9 Å². The van der Waals surface area contributed by atoms with Crippen molar-refractivity contribution >= 4 is 11.6 Å². The second kappa shape index (κ2) is 4.65. The number of methoxy groups -OCH3 is 2. The highest BCUT2D eigenvalue weighted by molar-refractivity contribution is 6.02. The summed E-state index contributed by atoms with van der Waals surface area (Å²) in [5.41, 5.74) is 0. The van der Waals surface area contributed by atoms with Gasteiger partial charge in [-0.2, -0.15) is 0 Å². The summed E-state index contributed by atoms with van der Waals surface area (Å²) < 4.78 is 15.2. The molecule has 0 bridgehead atoms. The number of hydrogen-bond acceptors (Lipinski definition) is 5. The van der Waals surface area contributed by atoms with Gasteiger partial charge < -0.3 is 14.2 Å². The van der Waals surface area contributed by atoms with Gasteiger partial charge in [0, 0.05) is 14.2 Å². The van der Waals surface area contributed by atoms with E-state index in [0.29, 0.717) is 0 Å². The summed E-state index contributed by atoms with van der Waals surface area (Å²) in [4.78, 5) is 22.5. The number of hydrogen-bond donors (Lipinski definition) is 0. The van der Waals surface area contributed by atoms with Crippen molar-refractivity contribution in [3.05, 3.63) is 12.2 Å². The van der Waals surface area contributed by atoms with Crippen molar-refractivity contribution in [2.75, 3.05) is 14.2 Å². The summed E-state index contributed by atoms with van der Waals surface area (Å²) in [5, 5.41) is 0. The van der Waals surface area contributed by atoms with Gasteiger partial charge in [0.05, 0.1) is 6.42 Å². The van der Waals surface area contributed by atoms with Gasteiger partial charge in [0.15, 0.2) is 6.29 Å². The van der Waals surface area contributed by atoms with E-state index in [0.717, 1.165) is 0 Å². The molecule has 2 atom stereocenters. The van der Waals surface area contributed by atoms with Crippen LogP contribution in [0.3, 0.4) is 0 Å². The predicted octanol–water partition coefficient (Wildman–Crippen LogP) is 0.436. The van der Waals surface area contributed by atoms with Gasteiger partial charge in [-0.1, -0.05) is 0 Å². The molecule has 5 nitrogen and oxygen atoms in total. The fourth-order valence-corrected chi connectivity index (χ4v) is 1.32. The van der Waals surface area contributed by atoms with Crippen molar-refractivity contribution < 1.29 is 23.8 Å². The van der Waals surface area contributed by atoms with Crippen LogP contribution in [0.1, 0.15) is 13.3 Å². The highest BCUT2D eigenvalue weighted by Gasteiger charge is 2.43. The monoisotopic (exact) mass is 214 g/mol. The Morgan fingerprint density at radius 3 is 2.53 bits per heavy atom. The first-order valence-corrected chi connectivity index (χ1v) is 4.52. The average molecular weight is 214 g/mol. The first-order chi connectivity index (χ1) is 7.04. The third-order valence-corrected chi connectivity index (χ3v) is 2.10. The number of carbonyl (C=O) groups excluding carboxylic acids is 2. The molecule has 0 radical (unpaired) electrons. The molecular weight excluding hydrogens is 200 g/mol. The molecule has 0 aromatic carbocycles. The van der Waals surface area contributed by atoms with Crippen LogP contribution in [0, 0.1) is 0 Å². The Bertz CT molecular complexity index is 296. The fraction of sp³-hybridized carbons (Fsp3) is 0.600. The van der Waals surface area contributed by atoms with Gasteiger partial charge >= 0.3 is 0 Å². The van der Waals surface area contributed by atoms with Crippen LogP contribution in [0.2, 0.25) is 0 Å². The molecule has 0 aromatic rings. The number of ether oxygens (including phenoxy) is 3. The molecule has 2 unspecified atom stereocenters. The van der Waals surface area contributed by atoms with Crippen LogP contribution in [0.15, 0.2) is 12.2 Å². The topological polar surface area (TPSA) is 61.8 Å². The molecule has 0 fully saturated rings. The smallest absolute Gasteiger partial charge is 0.252 e. The first-order valence-electron chi connectivity index (χ1n) is 4.52. The van der Waals surface area contributed by atoms with Gasteiger partial charge in [0.1, 0.15) is 5.78 Å². The second-order valence-corrected chi connectivity index (χ2v) is 3.25. The lowest BCUT2D eigenvalue weighted by Crippen LogP contribution is -2.41. The van der Waals surface area contributed by atoms with Gasteiger partial charge in [-0.05, 0) is 19.1 Å². The summed E-state index contributed by atoms with van der Waals surface area (Å²) in [6, 6.07) is 0. The normalized spacial score (nSPS) is 29.4. The van der Waals surface area contributed by atoms with Crippen molar-refractivity contribution in [2.24, 2.45) is 0 Å². The lowest BCUT2D eigenvalue weighted by atomic mass is 10.1. The minimum absolute atomic E-state index is 0.214. The fourth-order valence-electron chi connectivity index (χ4n) is 1.32. The van der Waals surface area contributed by atoms with Gasteiger partial charge in [0.2, 0.25) is 5.78 Å². The molecule has 84 valence electrons. The summed E-state index contributed by atoms with van der Waals surface area (Å²) in [5.74, 6) is -2.12. The summed E-state index contributed by atoms with van der Waals surface area (Å²) >= 11 is 0. The Labute approximate surface area is 88.0 Å². The van der Waals surface area contributed by atoms with E-state index in [1.165, 1.54) is 27.2 Å². The standard InChI is InChI=1S/C10H14O5/c1-7(11)6-8(12)10(14-3)5-4-9(13-2)15-10/h4-5,9H,6H2,1-3H3. The van der Waals surface area contributed by atoms with E-state index >= 15 is 0 Å². The molecule has 1 aliphatic heterocycles. The van der Waals surface area contributed by atoms with Crippen LogP contribution < -0.4 is 0 Å². The van der Waals surface area contributed by atoms with Crippen LogP contribution in [0.4, 0.5) is 0 Å². The van der Waals surface area contributed by atoms with E-state index in [9.17, 15) is 9.59 Å². The molecule has 0 N–H and O–H groups in total. The molecule has 0 saturated heterocycles. The van der Waals surface area contributed by atoms with E-state index in [4.69, 9.17) is 14.2 Å². The molecular formula is C10H14O5. The quantitative estimate of drug-likeness (QED) is 0.490. The Hall–Kier alpha value is -1.04. The second-order valence-electron chi connectivity index (χ2n) is 3.25. The number of ketones is 2. The maximum absolute atomic E-state index is 11.7. The SMILES string of the molecule is COC1C=CC(OC)(C(=O)CC(C)=O)O1. The predicted molar refractivity (Wildman–Crippen MR) is 51.1 cm³/mol. The molecule has 0 aromatic heterocycles. The van der Waals surface area contributed by atoms with Crippen LogP contribution in [0.5, 0.6) is 0 Å². The molecule has 1 aliphatic rings. The van der Waals surface area contributed by atoms with E-state index in [2.05, 4.69) is 0 Å². The first kappa shape index (κ1) is 12.0. The Morgan fingerprint density at radius 1 is 1.47 bits per heavy atom. The molecule has 0 amide bonds. The highest BCUT2D eigenvalue weighted by Crippen LogP contribution is 2.26.